The number of quaternary nitrogens is 2. The van der Waals surface area contributed by atoms with Crippen LogP contribution in [0.5, 0.6) is 0 Å². The standard InChI is InChI=1S/C20H22N4OS/c25-19(22-20-21-8-13-26-20)15-24-11-9-23(10-12-24)14-17-6-3-5-16-4-1-2-7-18(16)17/h1-8,13H,9-12,14-15H2,(H,21,22,25)/p+2. The molecule has 0 bridgehead atoms. The van der Waals surface area contributed by atoms with Crippen LogP contribution in [0, 0.1) is 0 Å². The lowest BCUT2D eigenvalue weighted by Gasteiger charge is -2.29. The van der Waals surface area contributed by atoms with Crippen molar-refractivity contribution in [1.29, 1.82) is 0 Å². The van der Waals surface area contributed by atoms with E-state index in [1.54, 1.807) is 11.1 Å². The minimum Gasteiger partial charge on any atom is -0.322 e. The van der Waals surface area contributed by atoms with Gasteiger partial charge in [-0.25, -0.2) is 4.98 Å². The molecule has 26 heavy (non-hydrogen) atoms. The minimum atomic E-state index is 0.0625. The highest BCUT2D eigenvalue weighted by Gasteiger charge is 2.25. The molecule has 1 saturated heterocycles. The van der Waals surface area contributed by atoms with Gasteiger partial charge in [-0.15, -0.1) is 11.3 Å². The van der Waals surface area contributed by atoms with Gasteiger partial charge in [0.15, 0.2) is 11.7 Å². The molecule has 5 nitrogen and oxygen atoms in total. The molecule has 1 aliphatic rings. The van der Waals surface area contributed by atoms with Crippen molar-refractivity contribution in [2.45, 2.75) is 6.54 Å². The van der Waals surface area contributed by atoms with Gasteiger partial charge in [0.2, 0.25) is 0 Å². The van der Waals surface area contributed by atoms with Crippen molar-refractivity contribution in [2.24, 2.45) is 0 Å². The molecule has 1 aliphatic heterocycles. The molecule has 1 fully saturated rings. The lowest BCUT2D eigenvalue weighted by molar-refractivity contribution is -1.01. The Morgan fingerprint density at radius 3 is 2.62 bits per heavy atom. The van der Waals surface area contributed by atoms with E-state index in [4.69, 9.17) is 0 Å². The molecular weight excluding hydrogens is 344 g/mol. The first-order valence-electron chi connectivity index (χ1n) is 9.11. The van der Waals surface area contributed by atoms with Gasteiger partial charge in [-0.05, 0) is 10.8 Å². The number of anilines is 1. The molecule has 2 heterocycles. The Balaban J connectivity index is 1.30. The van der Waals surface area contributed by atoms with Gasteiger partial charge < -0.3 is 9.80 Å². The normalized spacial score (nSPS) is 20.2. The number of aromatic nitrogens is 1. The first kappa shape index (κ1) is 17.1. The molecule has 0 saturated carbocycles. The number of rotatable bonds is 5. The molecule has 1 aromatic heterocycles. The molecule has 3 N–H and O–H groups in total. The second-order valence-corrected chi connectivity index (χ2v) is 7.77. The van der Waals surface area contributed by atoms with Crippen LogP contribution in [-0.4, -0.2) is 43.6 Å². The molecule has 0 aliphatic carbocycles. The second-order valence-electron chi connectivity index (χ2n) is 6.88. The van der Waals surface area contributed by atoms with Gasteiger partial charge in [0.05, 0.1) is 0 Å². The van der Waals surface area contributed by atoms with Gasteiger partial charge in [-0.1, -0.05) is 42.5 Å². The van der Waals surface area contributed by atoms with Crippen LogP contribution in [0.15, 0.2) is 54.0 Å². The number of fused-ring (bicyclic) bond motifs is 1. The van der Waals surface area contributed by atoms with E-state index in [-0.39, 0.29) is 5.91 Å². The third-order valence-electron chi connectivity index (χ3n) is 5.07. The number of benzene rings is 2. The molecule has 3 aromatic rings. The van der Waals surface area contributed by atoms with E-state index in [0.29, 0.717) is 11.7 Å². The summed E-state index contributed by atoms with van der Waals surface area (Å²) in [7, 11) is 0. The van der Waals surface area contributed by atoms with E-state index in [1.165, 1.54) is 32.6 Å². The van der Waals surface area contributed by atoms with Crippen molar-refractivity contribution >= 4 is 33.1 Å². The van der Waals surface area contributed by atoms with E-state index in [0.717, 1.165) is 32.7 Å². The summed E-state index contributed by atoms with van der Waals surface area (Å²) in [6.45, 7) is 5.85. The molecule has 0 atom stereocenters. The Kier molecular flexibility index (Phi) is 5.24. The van der Waals surface area contributed by atoms with Crippen LogP contribution in [0.1, 0.15) is 5.56 Å². The lowest BCUT2D eigenvalue weighted by atomic mass is 10.0. The van der Waals surface area contributed by atoms with Gasteiger partial charge in [0, 0.05) is 17.1 Å². The van der Waals surface area contributed by atoms with Crippen molar-refractivity contribution < 1.29 is 14.6 Å². The number of piperazine rings is 1. The fourth-order valence-electron chi connectivity index (χ4n) is 3.70. The molecule has 0 spiro atoms. The van der Waals surface area contributed by atoms with E-state index >= 15 is 0 Å². The van der Waals surface area contributed by atoms with Crippen LogP contribution >= 0.6 is 11.3 Å². The number of carbonyl (C=O) groups is 1. The zero-order chi connectivity index (χ0) is 17.8. The largest absolute Gasteiger partial charge is 0.322 e. The summed E-state index contributed by atoms with van der Waals surface area (Å²) >= 11 is 1.46. The molecular formula is C20H24N4OS+2. The van der Waals surface area contributed by atoms with Crippen LogP contribution in [0.3, 0.4) is 0 Å². The third-order valence-corrected chi connectivity index (χ3v) is 5.76. The predicted molar refractivity (Wildman–Crippen MR) is 105 cm³/mol. The van der Waals surface area contributed by atoms with Crippen molar-refractivity contribution in [3.63, 3.8) is 0 Å². The van der Waals surface area contributed by atoms with E-state index in [2.05, 4.69) is 52.8 Å². The van der Waals surface area contributed by atoms with E-state index in [1.807, 2.05) is 5.38 Å². The average molecular weight is 369 g/mol. The Hall–Kier alpha value is -2.28. The maximum Gasteiger partial charge on any atom is 0.281 e. The Morgan fingerprint density at radius 1 is 1.04 bits per heavy atom. The highest BCUT2D eigenvalue weighted by atomic mass is 32.1. The molecule has 1 amide bonds. The SMILES string of the molecule is O=C(C[NH+]1CC[NH+](Cc2cccc3ccccc23)CC1)Nc1nccs1. The number of thiazole rings is 1. The Labute approximate surface area is 157 Å². The van der Waals surface area contributed by atoms with Crippen molar-refractivity contribution in [3.8, 4) is 0 Å². The van der Waals surface area contributed by atoms with Gasteiger partial charge >= 0.3 is 0 Å². The van der Waals surface area contributed by atoms with Crippen LogP contribution in [0.25, 0.3) is 10.8 Å². The zero-order valence-electron chi connectivity index (χ0n) is 14.7. The fraction of sp³-hybridized carbons (Fsp3) is 0.300. The van der Waals surface area contributed by atoms with E-state index < -0.39 is 0 Å². The topological polar surface area (TPSA) is 50.9 Å². The van der Waals surface area contributed by atoms with Crippen molar-refractivity contribution in [1.82, 2.24) is 4.98 Å². The van der Waals surface area contributed by atoms with Crippen LogP contribution in [0.4, 0.5) is 5.13 Å². The number of carbonyl (C=O) groups excluding carboxylic acids is 1. The summed E-state index contributed by atoms with van der Waals surface area (Å²) < 4.78 is 0. The smallest absolute Gasteiger partial charge is 0.281 e. The van der Waals surface area contributed by atoms with Crippen LogP contribution in [-0.2, 0) is 11.3 Å². The summed E-state index contributed by atoms with van der Waals surface area (Å²) in [4.78, 5) is 19.2. The molecule has 6 heteroatoms. The Morgan fingerprint density at radius 2 is 1.81 bits per heavy atom. The van der Waals surface area contributed by atoms with Gasteiger partial charge in [0.25, 0.3) is 5.91 Å². The number of hydrogen-bond donors (Lipinski definition) is 3. The number of nitrogens with one attached hydrogen (secondary N) is 3. The number of nitrogens with zero attached hydrogens (tertiary/aromatic N) is 1. The third kappa shape index (κ3) is 4.09. The Bertz CT molecular complexity index is 867. The zero-order valence-corrected chi connectivity index (χ0v) is 15.5. The maximum atomic E-state index is 12.1. The maximum absolute atomic E-state index is 12.1. The van der Waals surface area contributed by atoms with Gasteiger partial charge in [0.1, 0.15) is 32.7 Å². The summed E-state index contributed by atoms with van der Waals surface area (Å²) in [5, 5.41) is 8.12. The second kappa shape index (κ2) is 7.95. The van der Waals surface area contributed by atoms with Crippen LogP contribution in [0.2, 0.25) is 0 Å². The summed E-state index contributed by atoms with van der Waals surface area (Å²) in [5.41, 5.74) is 1.42. The van der Waals surface area contributed by atoms with Gasteiger partial charge in [-0.3, -0.25) is 10.1 Å². The average Bonchev–Trinajstić information content (AvgIpc) is 3.16. The summed E-state index contributed by atoms with van der Waals surface area (Å²) in [5.74, 6) is 0.0625. The molecule has 0 radical (unpaired) electrons. The predicted octanol–water partition coefficient (Wildman–Crippen LogP) is 0.218. The van der Waals surface area contributed by atoms with Crippen molar-refractivity contribution in [2.75, 3.05) is 38.0 Å². The van der Waals surface area contributed by atoms with Crippen molar-refractivity contribution in [3.05, 3.63) is 59.6 Å². The fourth-order valence-corrected chi connectivity index (χ4v) is 4.25. The monoisotopic (exact) mass is 368 g/mol. The first-order chi connectivity index (χ1) is 12.8. The number of hydrogen-bond acceptors (Lipinski definition) is 3. The lowest BCUT2D eigenvalue weighted by Crippen LogP contribution is -3.28. The highest BCUT2D eigenvalue weighted by Crippen LogP contribution is 2.17. The molecule has 2 aromatic carbocycles. The quantitative estimate of drug-likeness (QED) is 0.603. The first-order valence-corrected chi connectivity index (χ1v) is 9.99. The van der Waals surface area contributed by atoms with Crippen LogP contribution < -0.4 is 15.1 Å². The molecule has 4 rings (SSSR count). The van der Waals surface area contributed by atoms with E-state index in [9.17, 15) is 4.79 Å². The summed E-state index contributed by atoms with van der Waals surface area (Å²) in [6, 6.07) is 15.2. The van der Waals surface area contributed by atoms with Gasteiger partial charge in [-0.2, -0.15) is 0 Å². The molecule has 0 unspecified atom stereocenters. The minimum absolute atomic E-state index is 0.0625. The summed E-state index contributed by atoms with van der Waals surface area (Å²) in [6.07, 6.45) is 1.71. The number of amides is 1. The highest BCUT2D eigenvalue weighted by molar-refractivity contribution is 7.13. The molecule has 134 valence electrons.